The average Bonchev–Trinajstić information content (AvgIpc) is 2.78. The lowest BCUT2D eigenvalue weighted by Gasteiger charge is -2.30. The molecule has 0 fully saturated rings. The van der Waals surface area contributed by atoms with Crippen LogP contribution in [0.1, 0.15) is 103 Å². The molecule has 0 aromatic heterocycles. The molecule has 200 valence electrons. The fraction of sp³-hybridized carbons (Fsp3) is 0.486. The van der Waals surface area contributed by atoms with Crippen LogP contribution in [0.4, 0.5) is 0 Å². The van der Waals surface area contributed by atoms with Gasteiger partial charge in [-0.2, -0.15) is 0 Å². The first kappa shape index (κ1) is 28.8. The molecular formula is C35H48O2. The van der Waals surface area contributed by atoms with E-state index in [4.69, 9.17) is 9.47 Å². The van der Waals surface area contributed by atoms with Crippen molar-refractivity contribution in [2.24, 2.45) is 5.41 Å². The van der Waals surface area contributed by atoms with E-state index in [1.807, 2.05) is 0 Å². The van der Waals surface area contributed by atoms with Gasteiger partial charge in [0.05, 0.1) is 6.61 Å². The Morgan fingerprint density at radius 3 is 1.24 bits per heavy atom. The second-order valence-electron chi connectivity index (χ2n) is 13.9. The summed E-state index contributed by atoms with van der Waals surface area (Å²) >= 11 is 0. The van der Waals surface area contributed by atoms with Crippen LogP contribution < -0.4 is 9.47 Å². The Morgan fingerprint density at radius 2 is 0.892 bits per heavy atom. The van der Waals surface area contributed by atoms with Gasteiger partial charge in [-0.1, -0.05) is 97.0 Å². The molecule has 0 atom stereocenters. The van der Waals surface area contributed by atoms with Crippen LogP contribution in [0.2, 0.25) is 0 Å². The van der Waals surface area contributed by atoms with Crippen LogP contribution in [0.25, 0.3) is 0 Å². The molecule has 0 radical (unpaired) electrons. The smallest absolute Gasteiger partial charge is 0.123 e. The Labute approximate surface area is 226 Å². The first-order chi connectivity index (χ1) is 16.9. The SMILES string of the molecule is Cc1cc(C(C)(C)c2ccc(C(C)(C)c3ccc(OC(C)(C)C)c(C)c3)cc2)ccc1OCC(C)(C)C. The van der Waals surface area contributed by atoms with Crippen molar-refractivity contribution in [2.75, 3.05) is 6.61 Å². The summed E-state index contributed by atoms with van der Waals surface area (Å²) in [7, 11) is 0. The summed E-state index contributed by atoms with van der Waals surface area (Å²) in [4.78, 5) is 0. The maximum absolute atomic E-state index is 6.14. The molecule has 0 bridgehead atoms. The molecule has 0 N–H and O–H groups in total. The lowest BCUT2D eigenvalue weighted by molar-refractivity contribution is 0.130. The predicted octanol–water partition coefficient (Wildman–Crippen LogP) is 9.56. The molecule has 37 heavy (non-hydrogen) atoms. The Balaban J connectivity index is 1.84. The standard InChI is InChI=1S/C35H48O2/c1-24-21-28(17-19-30(24)36-23-32(3,4)5)34(9,10)26-13-15-27(16-14-26)35(11,12)29-18-20-31(25(2)22-29)37-33(6,7)8/h13-22H,23H2,1-12H3. The summed E-state index contributed by atoms with van der Waals surface area (Å²) in [5.41, 5.74) is 7.26. The Bertz CT molecular complexity index is 1220. The summed E-state index contributed by atoms with van der Waals surface area (Å²) in [6, 6.07) is 22.4. The zero-order valence-electron chi connectivity index (χ0n) is 25.3. The molecule has 0 aliphatic rings. The van der Waals surface area contributed by atoms with Crippen molar-refractivity contribution in [3.63, 3.8) is 0 Å². The molecule has 3 rings (SSSR count). The van der Waals surface area contributed by atoms with Crippen molar-refractivity contribution in [3.05, 3.63) is 94.0 Å². The first-order valence-corrected chi connectivity index (χ1v) is 13.6. The Hall–Kier alpha value is -2.74. The van der Waals surface area contributed by atoms with Crippen LogP contribution >= 0.6 is 0 Å². The predicted molar refractivity (Wildman–Crippen MR) is 158 cm³/mol. The van der Waals surface area contributed by atoms with E-state index in [-0.39, 0.29) is 21.8 Å². The molecule has 0 aliphatic heterocycles. The molecule has 2 heteroatoms. The van der Waals surface area contributed by atoms with Crippen molar-refractivity contribution < 1.29 is 9.47 Å². The second-order valence-corrected chi connectivity index (χ2v) is 13.9. The van der Waals surface area contributed by atoms with Crippen LogP contribution in [0.5, 0.6) is 11.5 Å². The van der Waals surface area contributed by atoms with Crippen molar-refractivity contribution in [2.45, 2.75) is 99.5 Å². The van der Waals surface area contributed by atoms with Gasteiger partial charge in [-0.3, -0.25) is 0 Å². The third-order valence-electron chi connectivity index (χ3n) is 7.20. The van der Waals surface area contributed by atoms with Gasteiger partial charge >= 0.3 is 0 Å². The minimum Gasteiger partial charge on any atom is -0.493 e. The van der Waals surface area contributed by atoms with Crippen LogP contribution in [-0.4, -0.2) is 12.2 Å². The van der Waals surface area contributed by atoms with Crippen molar-refractivity contribution in [1.29, 1.82) is 0 Å². The minimum atomic E-state index is -0.206. The molecule has 0 saturated heterocycles. The molecule has 3 aromatic rings. The summed E-state index contributed by atoms with van der Waals surface area (Å²) in [5, 5.41) is 0. The van der Waals surface area contributed by atoms with E-state index in [1.165, 1.54) is 33.4 Å². The van der Waals surface area contributed by atoms with Gasteiger partial charge < -0.3 is 9.47 Å². The molecule has 0 heterocycles. The molecule has 0 aliphatic carbocycles. The normalized spacial score (nSPS) is 13.0. The number of rotatable bonds is 7. The van der Waals surface area contributed by atoms with E-state index in [1.54, 1.807) is 0 Å². The maximum atomic E-state index is 6.14. The van der Waals surface area contributed by atoms with Crippen molar-refractivity contribution in [3.8, 4) is 11.5 Å². The molecule has 0 spiro atoms. The zero-order valence-corrected chi connectivity index (χ0v) is 25.3. The lowest BCUT2D eigenvalue weighted by Crippen LogP contribution is -2.24. The number of aryl methyl sites for hydroxylation is 2. The largest absolute Gasteiger partial charge is 0.493 e. The summed E-state index contributed by atoms with van der Waals surface area (Å²) < 4.78 is 12.2. The van der Waals surface area contributed by atoms with E-state index < -0.39 is 0 Å². The topological polar surface area (TPSA) is 18.5 Å². The van der Waals surface area contributed by atoms with E-state index in [2.05, 4.69) is 144 Å². The first-order valence-electron chi connectivity index (χ1n) is 13.6. The van der Waals surface area contributed by atoms with Crippen LogP contribution in [-0.2, 0) is 10.8 Å². The third kappa shape index (κ3) is 6.98. The molecule has 0 amide bonds. The summed E-state index contributed by atoms with van der Waals surface area (Å²) in [6.07, 6.45) is 0. The fourth-order valence-electron chi connectivity index (χ4n) is 4.61. The second kappa shape index (κ2) is 10.2. The quantitative estimate of drug-likeness (QED) is 0.321. The number of hydrogen-bond acceptors (Lipinski definition) is 2. The Kier molecular flexibility index (Phi) is 7.94. The molecule has 3 aromatic carbocycles. The Morgan fingerprint density at radius 1 is 0.514 bits per heavy atom. The monoisotopic (exact) mass is 500 g/mol. The molecular weight excluding hydrogens is 452 g/mol. The van der Waals surface area contributed by atoms with Gasteiger partial charge in [0.1, 0.15) is 17.1 Å². The highest BCUT2D eigenvalue weighted by atomic mass is 16.5. The average molecular weight is 501 g/mol. The number of hydrogen-bond donors (Lipinski definition) is 0. The van der Waals surface area contributed by atoms with Gasteiger partial charge in [-0.25, -0.2) is 0 Å². The van der Waals surface area contributed by atoms with Crippen LogP contribution in [0.15, 0.2) is 60.7 Å². The number of ether oxygens (including phenoxy) is 2. The van der Waals surface area contributed by atoms with Gasteiger partial charge in [-0.05, 0) is 85.5 Å². The maximum Gasteiger partial charge on any atom is 0.123 e. The zero-order chi connectivity index (χ0) is 27.8. The highest BCUT2D eigenvalue weighted by Crippen LogP contribution is 2.38. The fourth-order valence-corrected chi connectivity index (χ4v) is 4.61. The summed E-state index contributed by atoms with van der Waals surface area (Å²) in [6.45, 7) is 27.0. The minimum absolute atomic E-state index is 0.113. The van der Waals surface area contributed by atoms with E-state index in [9.17, 15) is 0 Å². The van der Waals surface area contributed by atoms with Gasteiger partial charge in [0.25, 0.3) is 0 Å². The highest BCUT2D eigenvalue weighted by Gasteiger charge is 2.28. The van der Waals surface area contributed by atoms with Gasteiger partial charge in [-0.15, -0.1) is 0 Å². The van der Waals surface area contributed by atoms with E-state index in [0.717, 1.165) is 11.5 Å². The highest BCUT2D eigenvalue weighted by molar-refractivity contribution is 5.48. The van der Waals surface area contributed by atoms with E-state index >= 15 is 0 Å². The van der Waals surface area contributed by atoms with Crippen molar-refractivity contribution >= 4 is 0 Å². The van der Waals surface area contributed by atoms with Gasteiger partial charge in [0.2, 0.25) is 0 Å². The van der Waals surface area contributed by atoms with Crippen LogP contribution in [0, 0.1) is 19.3 Å². The van der Waals surface area contributed by atoms with Crippen LogP contribution in [0.3, 0.4) is 0 Å². The lowest BCUT2D eigenvalue weighted by atomic mass is 9.74. The van der Waals surface area contributed by atoms with Crippen molar-refractivity contribution in [1.82, 2.24) is 0 Å². The van der Waals surface area contributed by atoms with Gasteiger partial charge in [0.15, 0.2) is 0 Å². The van der Waals surface area contributed by atoms with Gasteiger partial charge in [0, 0.05) is 10.8 Å². The molecule has 2 nitrogen and oxygen atoms in total. The van der Waals surface area contributed by atoms with E-state index in [0.29, 0.717) is 6.61 Å². The summed E-state index contributed by atoms with van der Waals surface area (Å²) in [5.74, 6) is 1.93. The number of benzene rings is 3. The third-order valence-corrected chi connectivity index (χ3v) is 7.20. The molecule has 0 saturated carbocycles. The molecule has 0 unspecified atom stereocenters.